The zero-order valence-corrected chi connectivity index (χ0v) is 11.5. The molecule has 0 unspecified atom stereocenters. The Bertz CT molecular complexity index is 469. The van der Waals surface area contributed by atoms with Crippen molar-refractivity contribution in [2.75, 3.05) is 13.2 Å². The highest BCUT2D eigenvalue weighted by molar-refractivity contribution is 9.10. The van der Waals surface area contributed by atoms with Gasteiger partial charge < -0.3 is 15.2 Å². The van der Waals surface area contributed by atoms with E-state index in [1.165, 1.54) is 5.56 Å². The second-order valence-corrected chi connectivity index (χ2v) is 5.75. The first-order valence-electron chi connectivity index (χ1n) is 6.00. The molecule has 1 aliphatic carbocycles. The minimum Gasteiger partial charge on any atom is -0.490 e. The maximum atomic E-state index is 6.32. The number of halogens is 1. The van der Waals surface area contributed by atoms with Gasteiger partial charge in [-0.05, 0) is 31.4 Å². The highest BCUT2D eigenvalue weighted by Gasteiger charge is 2.43. The van der Waals surface area contributed by atoms with E-state index in [-0.39, 0.29) is 5.54 Å². The molecule has 4 heteroatoms. The van der Waals surface area contributed by atoms with Crippen molar-refractivity contribution in [3.8, 4) is 11.5 Å². The lowest BCUT2D eigenvalue weighted by atomic mass is 9.98. The Balaban J connectivity index is 2.15. The first-order chi connectivity index (χ1) is 8.12. The van der Waals surface area contributed by atoms with Crippen LogP contribution >= 0.6 is 15.9 Å². The Kier molecular flexibility index (Phi) is 2.60. The fourth-order valence-electron chi connectivity index (χ4n) is 2.43. The van der Waals surface area contributed by atoms with Crippen molar-refractivity contribution in [1.82, 2.24) is 0 Å². The molecule has 92 valence electrons. The van der Waals surface area contributed by atoms with E-state index in [9.17, 15) is 0 Å². The van der Waals surface area contributed by atoms with E-state index in [1.54, 1.807) is 0 Å². The molecule has 2 N–H and O–H groups in total. The van der Waals surface area contributed by atoms with Crippen LogP contribution in [-0.2, 0) is 5.54 Å². The van der Waals surface area contributed by atoms with Gasteiger partial charge in [-0.2, -0.15) is 0 Å². The van der Waals surface area contributed by atoms with Gasteiger partial charge in [-0.1, -0.05) is 15.9 Å². The van der Waals surface area contributed by atoms with Crippen LogP contribution < -0.4 is 15.2 Å². The van der Waals surface area contributed by atoms with Crippen LogP contribution in [0.2, 0.25) is 0 Å². The van der Waals surface area contributed by atoms with Crippen molar-refractivity contribution in [2.45, 2.75) is 31.7 Å². The molecule has 1 heterocycles. The smallest absolute Gasteiger partial charge is 0.164 e. The second-order valence-electron chi connectivity index (χ2n) is 4.89. The predicted molar refractivity (Wildman–Crippen MR) is 69.6 cm³/mol. The number of ether oxygens (including phenoxy) is 2. The van der Waals surface area contributed by atoms with Gasteiger partial charge in [-0.15, -0.1) is 0 Å². The van der Waals surface area contributed by atoms with Gasteiger partial charge in [0, 0.05) is 22.0 Å². The number of rotatable bonds is 1. The highest BCUT2D eigenvalue weighted by Crippen LogP contribution is 2.51. The molecule has 1 aliphatic heterocycles. The van der Waals surface area contributed by atoms with Crippen LogP contribution in [0.4, 0.5) is 0 Å². The van der Waals surface area contributed by atoms with E-state index >= 15 is 0 Å². The number of fused-ring (bicyclic) bond motifs is 1. The Morgan fingerprint density at radius 3 is 2.71 bits per heavy atom. The van der Waals surface area contributed by atoms with Gasteiger partial charge in [-0.3, -0.25) is 0 Å². The monoisotopic (exact) mass is 297 g/mol. The first kappa shape index (κ1) is 11.4. The predicted octanol–water partition coefficient (Wildman–Crippen LogP) is 2.87. The van der Waals surface area contributed by atoms with Gasteiger partial charge in [-0.25, -0.2) is 0 Å². The summed E-state index contributed by atoms with van der Waals surface area (Å²) in [6, 6.07) is 2.00. The van der Waals surface area contributed by atoms with Gasteiger partial charge in [0.25, 0.3) is 0 Å². The lowest BCUT2D eigenvalue weighted by Crippen LogP contribution is -2.21. The summed E-state index contributed by atoms with van der Waals surface area (Å²) in [5, 5.41) is 0. The molecular weight excluding hydrogens is 282 g/mol. The van der Waals surface area contributed by atoms with Crippen molar-refractivity contribution in [1.29, 1.82) is 0 Å². The molecule has 1 aromatic carbocycles. The standard InChI is InChI=1S/C13H16BrNO2/c1-8-11(13(15)3-4-13)9(14)7-10-12(8)17-6-2-5-16-10/h7H,2-6,15H2,1H3. The van der Waals surface area contributed by atoms with E-state index in [0.717, 1.165) is 40.8 Å². The zero-order valence-electron chi connectivity index (χ0n) is 9.88. The second kappa shape index (κ2) is 3.89. The first-order valence-corrected chi connectivity index (χ1v) is 6.79. The Morgan fingerprint density at radius 1 is 1.29 bits per heavy atom. The molecule has 3 nitrogen and oxygen atoms in total. The zero-order chi connectivity index (χ0) is 12.0. The third-order valence-electron chi connectivity index (χ3n) is 3.52. The minimum atomic E-state index is -0.159. The van der Waals surface area contributed by atoms with Crippen molar-refractivity contribution < 1.29 is 9.47 Å². The van der Waals surface area contributed by atoms with E-state index in [4.69, 9.17) is 15.2 Å². The summed E-state index contributed by atoms with van der Waals surface area (Å²) < 4.78 is 12.5. The van der Waals surface area contributed by atoms with Gasteiger partial charge >= 0.3 is 0 Å². The summed E-state index contributed by atoms with van der Waals surface area (Å²) in [7, 11) is 0. The Labute approximate surface area is 109 Å². The van der Waals surface area contributed by atoms with E-state index < -0.39 is 0 Å². The molecule has 2 aliphatic rings. The fourth-order valence-corrected chi connectivity index (χ4v) is 3.33. The van der Waals surface area contributed by atoms with Crippen molar-refractivity contribution in [2.24, 2.45) is 5.73 Å². The van der Waals surface area contributed by atoms with Crippen LogP contribution in [0.15, 0.2) is 10.5 Å². The van der Waals surface area contributed by atoms with E-state index in [1.807, 2.05) is 6.07 Å². The van der Waals surface area contributed by atoms with Crippen molar-refractivity contribution in [3.05, 3.63) is 21.7 Å². The van der Waals surface area contributed by atoms with Crippen LogP contribution in [-0.4, -0.2) is 13.2 Å². The quantitative estimate of drug-likeness (QED) is 0.867. The minimum absolute atomic E-state index is 0.159. The van der Waals surface area contributed by atoms with E-state index in [2.05, 4.69) is 22.9 Å². The summed E-state index contributed by atoms with van der Waals surface area (Å²) in [6.45, 7) is 3.50. The maximum Gasteiger partial charge on any atom is 0.164 e. The molecule has 1 fully saturated rings. The normalized spacial score (nSPS) is 20.9. The summed E-state index contributed by atoms with van der Waals surface area (Å²) in [5.41, 5.74) is 8.46. The molecule has 0 spiro atoms. The SMILES string of the molecule is Cc1c2c(cc(Br)c1C1(N)CC1)OCCCO2. The number of benzene rings is 1. The topological polar surface area (TPSA) is 44.5 Å². The third-order valence-corrected chi connectivity index (χ3v) is 4.14. The Morgan fingerprint density at radius 2 is 2.00 bits per heavy atom. The Hall–Kier alpha value is -0.740. The lowest BCUT2D eigenvalue weighted by molar-refractivity contribution is 0.296. The van der Waals surface area contributed by atoms with Crippen LogP contribution in [0, 0.1) is 6.92 Å². The largest absolute Gasteiger partial charge is 0.490 e. The number of nitrogens with two attached hydrogens (primary N) is 1. The molecular formula is C13H16BrNO2. The van der Waals surface area contributed by atoms with Crippen LogP contribution in [0.25, 0.3) is 0 Å². The van der Waals surface area contributed by atoms with Crippen LogP contribution in [0.5, 0.6) is 11.5 Å². The molecule has 0 saturated heterocycles. The van der Waals surface area contributed by atoms with Gasteiger partial charge in [0.2, 0.25) is 0 Å². The molecule has 3 rings (SSSR count). The summed E-state index contributed by atoms with van der Waals surface area (Å²) in [6.07, 6.45) is 3.02. The third kappa shape index (κ3) is 1.83. The van der Waals surface area contributed by atoms with Crippen molar-refractivity contribution in [3.63, 3.8) is 0 Å². The molecule has 0 atom stereocenters. The van der Waals surface area contributed by atoms with Crippen molar-refractivity contribution >= 4 is 15.9 Å². The average Bonchev–Trinajstić information content (AvgIpc) is 3.02. The molecule has 0 aromatic heterocycles. The maximum absolute atomic E-state index is 6.32. The van der Waals surface area contributed by atoms with Crippen LogP contribution in [0.3, 0.4) is 0 Å². The molecule has 0 bridgehead atoms. The fraction of sp³-hybridized carbons (Fsp3) is 0.538. The molecule has 17 heavy (non-hydrogen) atoms. The van der Waals surface area contributed by atoms with Crippen LogP contribution in [0.1, 0.15) is 30.4 Å². The van der Waals surface area contributed by atoms with E-state index in [0.29, 0.717) is 13.2 Å². The molecule has 1 saturated carbocycles. The molecule has 0 amide bonds. The summed E-state index contributed by atoms with van der Waals surface area (Å²) >= 11 is 3.61. The number of hydrogen-bond acceptors (Lipinski definition) is 3. The van der Waals surface area contributed by atoms with Gasteiger partial charge in [0.15, 0.2) is 11.5 Å². The summed E-state index contributed by atoms with van der Waals surface area (Å²) in [5.74, 6) is 1.71. The lowest BCUT2D eigenvalue weighted by Gasteiger charge is -2.20. The molecule has 0 radical (unpaired) electrons. The molecule has 1 aromatic rings. The average molecular weight is 298 g/mol. The highest BCUT2D eigenvalue weighted by atomic mass is 79.9. The van der Waals surface area contributed by atoms with Gasteiger partial charge in [0.05, 0.1) is 13.2 Å². The van der Waals surface area contributed by atoms with Gasteiger partial charge in [0.1, 0.15) is 0 Å². The number of hydrogen-bond donors (Lipinski definition) is 1. The summed E-state index contributed by atoms with van der Waals surface area (Å²) in [4.78, 5) is 0.